The van der Waals surface area contributed by atoms with E-state index in [-0.39, 0.29) is 31.3 Å². The standard InChI is InChI=1S/C14H17IN4O5/c15-5-11(22)17-3-1-2-8-6-19(14(23)18-13(8)16)12-4-9(21)10(7-20)24-12/h6,9-10,12,20-21H,3-5,7H2,(H,17,22)(H2,16,18,23)/t9-,10+,12+/m0/s1. The first-order valence-corrected chi connectivity index (χ1v) is 8.63. The number of anilines is 1. The predicted molar refractivity (Wildman–Crippen MR) is 93.3 cm³/mol. The van der Waals surface area contributed by atoms with Crippen LogP contribution in [0.25, 0.3) is 0 Å². The summed E-state index contributed by atoms with van der Waals surface area (Å²) in [4.78, 5) is 26.8. The number of rotatable bonds is 4. The van der Waals surface area contributed by atoms with Gasteiger partial charge in [0.1, 0.15) is 18.1 Å². The van der Waals surface area contributed by atoms with E-state index in [0.29, 0.717) is 9.99 Å². The van der Waals surface area contributed by atoms with Gasteiger partial charge in [-0.05, 0) is 0 Å². The molecule has 0 saturated carbocycles. The molecule has 130 valence electrons. The van der Waals surface area contributed by atoms with Gasteiger partial charge < -0.3 is 26.0 Å². The molecule has 24 heavy (non-hydrogen) atoms. The summed E-state index contributed by atoms with van der Waals surface area (Å²) in [5.41, 5.74) is 5.37. The second-order valence-corrected chi connectivity index (χ2v) is 5.82. The van der Waals surface area contributed by atoms with Gasteiger partial charge in [-0.15, -0.1) is 0 Å². The number of alkyl halides is 1. The first kappa shape index (κ1) is 18.7. The van der Waals surface area contributed by atoms with Crippen molar-refractivity contribution in [3.8, 4) is 11.8 Å². The van der Waals surface area contributed by atoms with Gasteiger partial charge in [0.05, 0.1) is 29.2 Å². The molecule has 0 aromatic carbocycles. The smallest absolute Gasteiger partial charge is 0.351 e. The lowest BCUT2D eigenvalue weighted by Gasteiger charge is -2.15. The number of hydrogen-bond donors (Lipinski definition) is 4. The molecule has 0 aliphatic carbocycles. The quantitative estimate of drug-likeness (QED) is 0.246. The fourth-order valence-electron chi connectivity index (χ4n) is 2.16. The lowest BCUT2D eigenvalue weighted by molar-refractivity contribution is -0.118. The first-order chi connectivity index (χ1) is 11.5. The van der Waals surface area contributed by atoms with Gasteiger partial charge in [-0.25, -0.2) is 4.79 Å². The fraction of sp³-hybridized carbons (Fsp3) is 0.500. The molecule has 1 saturated heterocycles. The predicted octanol–water partition coefficient (Wildman–Crippen LogP) is -1.63. The van der Waals surface area contributed by atoms with Crippen LogP contribution in [-0.2, 0) is 9.53 Å². The number of ether oxygens (including phenoxy) is 1. The zero-order valence-electron chi connectivity index (χ0n) is 12.6. The van der Waals surface area contributed by atoms with Gasteiger partial charge in [-0.1, -0.05) is 34.4 Å². The summed E-state index contributed by atoms with van der Waals surface area (Å²) in [7, 11) is 0. The highest BCUT2D eigenvalue weighted by Gasteiger charge is 2.35. The first-order valence-electron chi connectivity index (χ1n) is 7.10. The summed E-state index contributed by atoms with van der Waals surface area (Å²) < 4.78 is 6.95. The molecule has 9 nitrogen and oxygen atoms in total. The monoisotopic (exact) mass is 448 g/mol. The zero-order valence-corrected chi connectivity index (χ0v) is 14.8. The maximum absolute atomic E-state index is 12.0. The largest absolute Gasteiger partial charge is 0.394 e. The van der Waals surface area contributed by atoms with Crippen molar-refractivity contribution in [2.75, 3.05) is 23.3 Å². The molecule has 1 aliphatic heterocycles. The van der Waals surface area contributed by atoms with Crippen LogP contribution in [0.4, 0.5) is 5.82 Å². The summed E-state index contributed by atoms with van der Waals surface area (Å²) in [6.07, 6.45) is -0.832. The van der Waals surface area contributed by atoms with Gasteiger partial charge in [0, 0.05) is 12.6 Å². The molecule has 0 unspecified atom stereocenters. The Morgan fingerprint density at radius 3 is 3.00 bits per heavy atom. The van der Waals surface area contributed by atoms with Crippen LogP contribution >= 0.6 is 22.6 Å². The Labute approximate surface area is 151 Å². The van der Waals surface area contributed by atoms with E-state index >= 15 is 0 Å². The Bertz CT molecular complexity index is 726. The van der Waals surface area contributed by atoms with Crippen LogP contribution in [0.1, 0.15) is 18.2 Å². The van der Waals surface area contributed by atoms with E-state index in [1.807, 2.05) is 22.6 Å². The molecule has 10 heteroatoms. The topological polar surface area (TPSA) is 140 Å². The van der Waals surface area contributed by atoms with Gasteiger partial charge in [0.15, 0.2) is 0 Å². The van der Waals surface area contributed by atoms with Gasteiger partial charge in [0.2, 0.25) is 5.91 Å². The Balaban J connectivity index is 2.18. The minimum atomic E-state index is -0.873. The van der Waals surface area contributed by atoms with E-state index in [1.54, 1.807) is 0 Å². The maximum Gasteiger partial charge on any atom is 0.351 e. The number of aliphatic hydroxyl groups is 2. The van der Waals surface area contributed by atoms with Crippen LogP contribution in [0.15, 0.2) is 11.0 Å². The van der Waals surface area contributed by atoms with Crippen LogP contribution in [0.2, 0.25) is 0 Å². The number of carbonyl (C=O) groups excluding carboxylic acids is 1. The average molecular weight is 448 g/mol. The van der Waals surface area contributed by atoms with Gasteiger partial charge >= 0.3 is 5.69 Å². The minimum Gasteiger partial charge on any atom is -0.394 e. The molecular formula is C14H17IN4O5. The van der Waals surface area contributed by atoms with Crippen molar-refractivity contribution in [2.24, 2.45) is 0 Å². The highest BCUT2D eigenvalue weighted by atomic mass is 127. The lowest BCUT2D eigenvalue weighted by atomic mass is 10.2. The Hall–Kier alpha value is -1.68. The van der Waals surface area contributed by atoms with E-state index in [4.69, 9.17) is 15.6 Å². The van der Waals surface area contributed by atoms with E-state index in [0.717, 1.165) is 0 Å². The van der Waals surface area contributed by atoms with Crippen LogP contribution < -0.4 is 16.7 Å². The Kier molecular flexibility index (Phi) is 6.55. The number of aliphatic hydroxyl groups excluding tert-OH is 2. The molecule has 2 rings (SSSR count). The van der Waals surface area contributed by atoms with Crippen molar-refractivity contribution < 1.29 is 19.7 Å². The van der Waals surface area contributed by atoms with E-state index in [1.165, 1.54) is 10.8 Å². The van der Waals surface area contributed by atoms with Gasteiger partial charge in [-0.3, -0.25) is 9.36 Å². The number of aromatic nitrogens is 2. The highest BCUT2D eigenvalue weighted by Crippen LogP contribution is 2.27. The molecule has 1 amide bonds. The van der Waals surface area contributed by atoms with Crippen LogP contribution in [0.5, 0.6) is 0 Å². The third-order valence-corrected chi connectivity index (χ3v) is 4.09. The number of halogens is 1. The molecule has 3 atom stereocenters. The number of nitrogens with one attached hydrogen (secondary N) is 1. The highest BCUT2D eigenvalue weighted by molar-refractivity contribution is 14.1. The van der Waals surface area contributed by atoms with Crippen molar-refractivity contribution in [3.05, 3.63) is 22.2 Å². The van der Waals surface area contributed by atoms with Crippen molar-refractivity contribution >= 4 is 34.3 Å². The van der Waals surface area contributed by atoms with Crippen molar-refractivity contribution in [1.29, 1.82) is 0 Å². The second kappa shape index (κ2) is 8.43. The molecule has 0 bridgehead atoms. The fourth-order valence-corrected chi connectivity index (χ4v) is 2.43. The minimum absolute atomic E-state index is 0.0266. The third-order valence-electron chi connectivity index (χ3n) is 3.39. The van der Waals surface area contributed by atoms with E-state index in [2.05, 4.69) is 22.1 Å². The summed E-state index contributed by atoms with van der Waals surface area (Å²) in [5.74, 6) is 5.30. The van der Waals surface area contributed by atoms with Gasteiger partial charge in [-0.2, -0.15) is 4.98 Å². The Morgan fingerprint density at radius 2 is 2.38 bits per heavy atom. The molecule has 0 radical (unpaired) electrons. The summed E-state index contributed by atoms with van der Waals surface area (Å²) in [6, 6.07) is 0. The molecule has 2 heterocycles. The number of nitrogens with zero attached hydrogens (tertiary/aromatic N) is 2. The number of amides is 1. The van der Waals surface area contributed by atoms with Crippen molar-refractivity contribution in [3.63, 3.8) is 0 Å². The summed E-state index contributed by atoms with van der Waals surface area (Å²) in [6.45, 7) is -0.205. The van der Waals surface area contributed by atoms with E-state index in [9.17, 15) is 14.7 Å². The molecule has 1 aliphatic rings. The molecule has 0 spiro atoms. The lowest BCUT2D eigenvalue weighted by Crippen LogP contribution is -2.29. The van der Waals surface area contributed by atoms with Crippen LogP contribution in [-0.4, -0.2) is 55.5 Å². The van der Waals surface area contributed by atoms with Gasteiger partial charge in [0.25, 0.3) is 0 Å². The Morgan fingerprint density at radius 1 is 1.62 bits per heavy atom. The SMILES string of the molecule is Nc1nc(=O)n([C@H]2C[C@H](O)[C@@H](CO)O2)cc1C#CCNC(=O)CI. The van der Waals surface area contributed by atoms with E-state index < -0.39 is 24.1 Å². The number of nitrogen functional groups attached to an aromatic ring is 1. The third kappa shape index (κ3) is 4.44. The molecule has 1 aromatic rings. The molecule has 1 aromatic heterocycles. The van der Waals surface area contributed by atoms with Crippen molar-refractivity contribution in [1.82, 2.24) is 14.9 Å². The number of hydrogen-bond acceptors (Lipinski definition) is 7. The van der Waals surface area contributed by atoms with Crippen LogP contribution in [0.3, 0.4) is 0 Å². The average Bonchev–Trinajstić information content (AvgIpc) is 2.93. The number of nitrogens with two attached hydrogens (primary N) is 1. The molecule has 1 fully saturated rings. The van der Waals surface area contributed by atoms with Crippen molar-refractivity contribution in [2.45, 2.75) is 24.9 Å². The summed E-state index contributed by atoms with van der Waals surface area (Å²) in [5, 5.41) is 21.5. The summed E-state index contributed by atoms with van der Waals surface area (Å²) >= 11 is 1.94. The van der Waals surface area contributed by atoms with Crippen LogP contribution in [0, 0.1) is 11.8 Å². The molecular weight excluding hydrogens is 431 g/mol. The zero-order chi connectivity index (χ0) is 17.7. The second-order valence-electron chi connectivity index (χ2n) is 5.06. The maximum atomic E-state index is 12.0. The normalized spacial score (nSPS) is 22.7. The molecule has 5 N–H and O–H groups in total. The number of carbonyl (C=O) groups is 1.